The summed E-state index contributed by atoms with van der Waals surface area (Å²) >= 11 is 0. The molecule has 3 atom stereocenters. The Morgan fingerprint density at radius 2 is 2.27 bits per heavy atom. The van der Waals surface area contributed by atoms with Gasteiger partial charge in [-0.25, -0.2) is 4.39 Å². The maximum atomic E-state index is 13.8. The zero-order chi connectivity index (χ0) is 15.5. The zero-order valence-electron chi connectivity index (χ0n) is 12.5. The molecule has 2 fully saturated rings. The molecule has 3 rings (SSSR count). The lowest BCUT2D eigenvalue weighted by molar-refractivity contribution is -0.0536. The van der Waals surface area contributed by atoms with Gasteiger partial charge in [0.25, 0.3) is 0 Å². The Morgan fingerprint density at radius 1 is 1.41 bits per heavy atom. The number of hydrogen-bond acceptors (Lipinski definition) is 4. The first-order chi connectivity index (χ1) is 10.7. The first-order valence-electron chi connectivity index (χ1n) is 7.87. The van der Waals surface area contributed by atoms with E-state index in [0.717, 1.165) is 31.4 Å². The van der Waals surface area contributed by atoms with Crippen molar-refractivity contribution in [2.24, 2.45) is 5.92 Å². The van der Waals surface area contributed by atoms with Crippen molar-refractivity contribution in [2.75, 3.05) is 19.8 Å². The number of nitrogens with zero attached hydrogens (tertiary/aromatic N) is 2. The summed E-state index contributed by atoms with van der Waals surface area (Å²) in [5, 5.41) is 19.0. The van der Waals surface area contributed by atoms with Crippen LogP contribution in [0.3, 0.4) is 0 Å². The van der Waals surface area contributed by atoms with Gasteiger partial charge in [-0.2, -0.15) is 5.26 Å². The summed E-state index contributed by atoms with van der Waals surface area (Å²) in [4.78, 5) is 2.28. The number of rotatable bonds is 3. The lowest BCUT2D eigenvalue weighted by Crippen LogP contribution is -2.50. The molecular weight excluding hydrogens is 283 g/mol. The highest BCUT2D eigenvalue weighted by atomic mass is 19.1. The van der Waals surface area contributed by atoms with Crippen molar-refractivity contribution in [3.8, 4) is 6.07 Å². The highest BCUT2D eigenvalue weighted by Crippen LogP contribution is 2.32. The number of benzene rings is 1. The van der Waals surface area contributed by atoms with Crippen molar-refractivity contribution >= 4 is 0 Å². The van der Waals surface area contributed by atoms with E-state index >= 15 is 0 Å². The molecule has 118 valence electrons. The summed E-state index contributed by atoms with van der Waals surface area (Å²) in [5.41, 5.74) is 0.935. The van der Waals surface area contributed by atoms with E-state index in [4.69, 9.17) is 10.00 Å². The smallest absolute Gasteiger partial charge is 0.141 e. The summed E-state index contributed by atoms with van der Waals surface area (Å²) in [6.45, 7) is 2.70. The summed E-state index contributed by atoms with van der Waals surface area (Å²) < 4.78 is 19.4. The third-order valence-corrected chi connectivity index (χ3v) is 4.85. The minimum absolute atomic E-state index is 0.0773. The van der Waals surface area contributed by atoms with Crippen LogP contribution in [0.4, 0.5) is 4.39 Å². The third kappa shape index (κ3) is 3.14. The number of ether oxygens (including phenoxy) is 1. The predicted molar refractivity (Wildman–Crippen MR) is 79.5 cm³/mol. The molecule has 0 aromatic heterocycles. The molecule has 1 saturated carbocycles. The predicted octanol–water partition coefficient (Wildman–Crippen LogP) is 2.06. The van der Waals surface area contributed by atoms with Gasteiger partial charge in [0.15, 0.2) is 0 Å². The van der Waals surface area contributed by atoms with Gasteiger partial charge in [0.2, 0.25) is 0 Å². The second kappa shape index (κ2) is 6.74. The fourth-order valence-corrected chi connectivity index (χ4v) is 3.65. The third-order valence-electron chi connectivity index (χ3n) is 4.85. The molecule has 0 unspecified atom stereocenters. The van der Waals surface area contributed by atoms with Gasteiger partial charge >= 0.3 is 0 Å². The van der Waals surface area contributed by atoms with Gasteiger partial charge in [-0.1, -0.05) is 12.5 Å². The molecule has 4 nitrogen and oxygen atoms in total. The summed E-state index contributed by atoms with van der Waals surface area (Å²) in [6, 6.07) is 6.81. The standard InChI is InChI=1S/C17H21FN2O2/c18-15-8-12(4-5-13(15)9-19)10-20-6-7-22-11-16(20)14-2-1-3-17(14)21/h4-5,8,14,16-17,21H,1-3,6-7,10-11H2/t14-,16-,17-/m1/s1. The first kappa shape index (κ1) is 15.4. The molecule has 0 radical (unpaired) electrons. The van der Waals surface area contributed by atoms with Crippen LogP contribution in [-0.4, -0.2) is 41.9 Å². The number of aliphatic hydroxyl groups excluding tert-OH is 1. The van der Waals surface area contributed by atoms with Crippen LogP contribution in [0.1, 0.15) is 30.4 Å². The first-order valence-corrected chi connectivity index (χ1v) is 7.87. The molecule has 1 N–H and O–H groups in total. The normalized spacial score (nSPS) is 29.4. The number of hydrogen-bond donors (Lipinski definition) is 1. The van der Waals surface area contributed by atoms with Gasteiger partial charge in [-0.3, -0.25) is 4.90 Å². The summed E-state index contributed by atoms with van der Waals surface area (Å²) in [5.74, 6) is -0.228. The molecule has 1 aromatic carbocycles. The van der Waals surface area contributed by atoms with Crippen molar-refractivity contribution in [1.82, 2.24) is 4.90 Å². The highest BCUT2D eigenvalue weighted by Gasteiger charge is 2.37. The van der Waals surface area contributed by atoms with Gasteiger partial charge in [0.05, 0.1) is 24.9 Å². The average Bonchev–Trinajstić information content (AvgIpc) is 2.94. The Labute approximate surface area is 130 Å². The van der Waals surface area contributed by atoms with Crippen LogP contribution in [0, 0.1) is 23.1 Å². The van der Waals surface area contributed by atoms with Crippen molar-refractivity contribution in [2.45, 2.75) is 38.0 Å². The van der Waals surface area contributed by atoms with E-state index in [2.05, 4.69) is 4.90 Å². The lowest BCUT2D eigenvalue weighted by atomic mass is 9.94. The van der Waals surface area contributed by atoms with Crippen LogP contribution >= 0.6 is 0 Å². The molecule has 0 amide bonds. The molecule has 22 heavy (non-hydrogen) atoms. The summed E-state index contributed by atoms with van der Waals surface area (Å²) in [6.07, 6.45) is 2.68. The van der Waals surface area contributed by atoms with Crippen LogP contribution < -0.4 is 0 Å². The quantitative estimate of drug-likeness (QED) is 0.928. The maximum Gasteiger partial charge on any atom is 0.141 e. The highest BCUT2D eigenvalue weighted by molar-refractivity contribution is 5.33. The number of morpholine rings is 1. The molecule has 5 heteroatoms. The zero-order valence-corrected chi connectivity index (χ0v) is 12.5. The fraction of sp³-hybridized carbons (Fsp3) is 0.588. The number of aliphatic hydroxyl groups is 1. The van der Waals surface area contributed by atoms with Crippen LogP contribution in [0.5, 0.6) is 0 Å². The van der Waals surface area contributed by atoms with E-state index in [0.29, 0.717) is 19.8 Å². The van der Waals surface area contributed by atoms with E-state index in [1.807, 2.05) is 6.07 Å². The van der Waals surface area contributed by atoms with E-state index < -0.39 is 5.82 Å². The molecule has 2 aliphatic rings. The van der Waals surface area contributed by atoms with Crippen LogP contribution in [0.15, 0.2) is 18.2 Å². The molecule has 1 saturated heterocycles. The molecule has 1 aliphatic carbocycles. The minimum atomic E-state index is -0.467. The molecule has 1 heterocycles. The summed E-state index contributed by atoms with van der Waals surface area (Å²) in [7, 11) is 0. The van der Waals surface area contributed by atoms with Gasteiger partial charge in [0.1, 0.15) is 11.9 Å². The Hall–Kier alpha value is -1.48. The Kier molecular flexibility index (Phi) is 4.72. The van der Waals surface area contributed by atoms with Gasteiger partial charge in [-0.15, -0.1) is 0 Å². The topological polar surface area (TPSA) is 56.5 Å². The molecular formula is C17H21FN2O2. The van der Waals surface area contributed by atoms with Crippen molar-refractivity contribution in [3.05, 3.63) is 35.1 Å². The second-order valence-corrected chi connectivity index (χ2v) is 6.20. The SMILES string of the molecule is N#Cc1ccc(CN2CCOC[C@@H]2[C@H]2CCC[C@H]2O)cc1F. The molecule has 0 bridgehead atoms. The monoisotopic (exact) mass is 304 g/mol. The Bertz CT molecular complexity index is 572. The number of halogens is 1. The van der Waals surface area contributed by atoms with Crippen LogP contribution in [0.2, 0.25) is 0 Å². The maximum absolute atomic E-state index is 13.8. The van der Waals surface area contributed by atoms with Gasteiger partial charge in [-0.05, 0) is 30.5 Å². The molecule has 1 aliphatic heterocycles. The lowest BCUT2D eigenvalue weighted by Gasteiger charge is -2.40. The molecule has 1 aromatic rings. The average molecular weight is 304 g/mol. The molecule has 0 spiro atoms. The number of nitriles is 1. The van der Waals surface area contributed by atoms with Gasteiger partial charge in [0, 0.05) is 25.0 Å². The minimum Gasteiger partial charge on any atom is -0.393 e. The Morgan fingerprint density at radius 3 is 2.95 bits per heavy atom. The van der Waals surface area contributed by atoms with Crippen molar-refractivity contribution < 1.29 is 14.2 Å². The van der Waals surface area contributed by atoms with E-state index in [1.54, 1.807) is 6.07 Å². The van der Waals surface area contributed by atoms with Crippen molar-refractivity contribution in [3.63, 3.8) is 0 Å². The second-order valence-electron chi connectivity index (χ2n) is 6.20. The van der Waals surface area contributed by atoms with E-state index in [9.17, 15) is 9.50 Å². The fourth-order valence-electron chi connectivity index (χ4n) is 3.65. The van der Waals surface area contributed by atoms with Crippen molar-refractivity contribution in [1.29, 1.82) is 5.26 Å². The van der Waals surface area contributed by atoms with Gasteiger partial charge < -0.3 is 9.84 Å². The van der Waals surface area contributed by atoms with E-state index in [-0.39, 0.29) is 23.6 Å². The largest absolute Gasteiger partial charge is 0.393 e. The van der Waals surface area contributed by atoms with Crippen LogP contribution in [0.25, 0.3) is 0 Å². The van der Waals surface area contributed by atoms with Crippen LogP contribution in [-0.2, 0) is 11.3 Å². The van der Waals surface area contributed by atoms with E-state index in [1.165, 1.54) is 12.1 Å². The Balaban J connectivity index is 1.74.